The Morgan fingerprint density at radius 3 is 2.31 bits per heavy atom. The quantitative estimate of drug-likeness (QED) is 0.443. The number of hydrogen-bond acceptors (Lipinski definition) is 3. The highest BCUT2D eigenvalue weighted by molar-refractivity contribution is 6.30. The van der Waals surface area contributed by atoms with E-state index in [1.807, 2.05) is 36.4 Å². The minimum Gasteiger partial charge on any atom is -0.493 e. The molecule has 3 aromatic rings. The lowest BCUT2D eigenvalue weighted by atomic mass is 10.1. The summed E-state index contributed by atoms with van der Waals surface area (Å²) >= 11 is 5.93. The zero-order chi connectivity index (χ0) is 20.5. The smallest absolute Gasteiger partial charge is 0.161 e. The molecule has 3 aromatic carbocycles. The lowest BCUT2D eigenvalue weighted by Gasteiger charge is -2.16. The summed E-state index contributed by atoms with van der Waals surface area (Å²) in [4.78, 5) is 0. The van der Waals surface area contributed by atoms with E-state index in [0.717, 1.165) is 41.5 Å². The molecular weight excluding hydrogens is 382 g/mol. The van der Waals surface area contributed by atoms with Gasteiger partial charge in [0.05, 0.1) is 7.11 Å². The van der Waals surface area contributed by atoms with E-state index in [1.165, 1.54) is 11.1 Å². The summed E-state index contributed by atoms with van der Waals surface area (Å²) in [6.07, 6.45) is 2.18. The Bertz CT molecular complexity index is 881. The Hall–Kier alpha value is -2.49. The summed E-state index contributed by atoms with van der Waals surface area (Å²) in [5, 5.41) is 4.32. The topological polar surface area (TPSA) is 30.5 Å². The van der Waals surface area contributed by atoms with Crippen molar-refractivity contribution in [3.05, 3.63) is 94.5 Å². The van der Waals surface area contributed by atoms with Gasteiger partial charge in [0, 0.05) is 17.6 Å². The molecule has 0 aliphatic carbocycles. The Morgan fingerprint density at radius 2 is 1.59 bits per heavy atom. The first-order valence-electron chi connectivity index (χ1n) is 9.95. The van der Waals surface area contributed by atoms with Crippen LogP contribution in [0.4, 0.5) is 0 Å². The fraction of sp³-hybridized carbons (Fsp3) is 0.280. The maximum Gasteiger partial charge on any atom is 0.161 e. The summed E-state index contributed by atoms with van der Waals surface area (Å²) < 4.78 is 11.5. The molecule has 0 aromatic heterocycles. The highest BCUT2D eigenvalue weighted by Crippen LogP contribution is 2.29. The van der Waals surface area contributed by atoms with Crippen molar-refractivity contribution >= 4 is 11.6 Å². The minimum absolute atomic E-state index is 0.432. The molecule has 0 bridgehead atoms. The van der Waals surface area contributed by atoms with E-state index in [0.29, 0.717) is 12.6 Å². The monoisotopic (exact) mass is 409 g/mol. The van der Waals surface area contributed by atoms with Gasteiger partial charge in [0.25, 0.3) is 0 Å². The van der Waals surface area contributed by atoms with Crippen LogP contribution in [-0.2, 0) is 19.6 Å². The van der Waals surface area contributed by atoms with E-state index in [-0.39, 0.29) is 0 Å². The van der Waals surface area contributed by atoms with Gasteiger partial charge in [0.15, 0.2) is 11.5 Å². The summed E-state index contributed by atoms with van der Waals surface area (Å²) in [6.45, 7) is 3.50. The highest BCUT2D eigenvalue weighted by atomic mass is 35.5. The molecule has 0 heterocycles. The average molecular weight is 410 g/mol. The average Bonchev–Trinajstić information content (AvgIpc) is 2.76. The number of halogens is 1. The third-order valence-corrected chi connectivity index (χ3v) is 5.15. The molecule has 0 saturated heterocycles. The summed E-state index contributed by atoms with van der Waals surface area (Å²) in [5.41, 5.74) is 3.62. The van der Waals surface area contributed by atoms with Crippen molar-refractivity contribution in [2.75, 3.05) is 7.11 Å². The van der Waals surface area contributed by atoms with Crippen molar-refractivity contribution < 1.29 is 9.47 Å². The molecule has 1 N–H and O–H groups in total. The molecule has 1 atom stereocenters. The third kappa shape index (κ3) is 6.81. The molecule has 0 saturated carbocycles. The van der Waals surface area contributed by atoms with Crippen molar-refractivity contribution in [3.63, 3.8) is 0 Å². The number of hydrogen-bond donors (Lipinski definition) is 1. The van der Waals surface area contributed by atoms with Crippen LogP contribution in [0.3, 0.4) is 0 Å². The molecule has 29 heavy (non-hydrogen) atoms. The maximum atomic E-state index is 5.93. The van der Waals surface area contributed by atoms with Gasteiger partial charge < -0.3 is 14.8 Å². The molecule has 0 fully saturated rings. The molecule has 0 spiro atoms. The molecule has 4 heteroatoms. The van der Waals surface area contributed by atoms with Crippen LogP contribution in [0.2, 0.25) is 5.02 Å². The third-order valence-electron chi connectivity index (χ3n) is 4.90. The molecule has 0 amide bonds. The van der Waals surface area contributed by atoms with Gasteiger partial charge in [-0.1, -0.05) is 60.1 Å². The van der Waals surface area contributed by atoms with Gasteiger partial charge in [-0.25, -0.2) is 0 Å². The van der Waals surface area contributed by atoms with Gasteiger partial charge in [-0.2, -0.15) is 0 Å². The number of ether oxygens (including phenoxy) is 2. The van der Waals surface area contributed by atoms with Crippen molar-refractivity contribution in [1.29, 1.82) is 0 Å². The fourth-order valence-electron chi connectivity index (χ4n) is 3.10. The van der Waals surface area contributed by atoms with Gasteiger partial charge in [-0.3, -0.25) is 0 Å². The van der Waals surface area contributed by atoms with Crippen molar-refractivity contribution in [1.82, 2.24) is 5.32 Å². The first kappa shape index (κ1) is 21.2. The Kier molecular flexibility index (Phi) is 7.97. The Labute approximate surface area is 178 Å². The Balaban J connectivity index is 1.50. The van der Waals surface area contributed by atoms with E-state index in [9.17, 15) is 0 Å². The number of benzene rings is 3. The largest absolute Gasteiger partial charge is 0.493 e. The second-order valence-electron chi connectivity index (χ2n) is 7.21. The maximum absolute atomic E-state index is 5.93. The van der Waals surface area contributed by atoms with Gasteiger partial charge in [-0.15, -0.1) is 0 Å². The van der Waals surface area contributed by atoms with Crippen LogP contribution in [0.5, 0.6) is 11.5 Å². The van der Waals surface area contributed by atoms with Crippen LogP contribution in [0.1, 0.15) is 30.0 Å². The van der Waals surface area contributed by atoms with Crippen LogP contribution < -0.4 is 14.8 Å². The molecule has 3 rings (SSSR count). The summed E-state index contributed by atoms with van der Waals surface area (Å²) in [5.74, 6) is 1.48. The zero-order valence-corrected chi connectivity index (χ0v) is 17.8. The Morgan fingerprint density at radius 1 is 0.862 bits per heavy atom. The van der Waals surface area contributed by atoms with E-state index in [2.05, 4.69) is 48.6 Å². The predicted octanol–water partition coefficient (Wildman–Crippen LogP) is 6.04. The molecule has 0 aliphatic rings. The van der Waals surface area contributed by atoms with Gasteiger partial charge in [0.1, 0.15) is 6.61 Å². The normalized spacial score (nSPS) is 11.8. The van der Waals surface area contributed by atoms with Crippen molar-refractivity contribution in [2.45, 2.75) is 39.0 Å². The first-order valence-corrected chi connectivity index (χ1v) is 10.3. The van der Waals surface area contributed by atoms with E-state index in [4.69, 9.17) is 21.1 Å². The van der Waals surface area contributed by atoms with Gasteiger partial charge >= 0.3 is 0 Å². The van der Waals surface area contributed by atoms with E-state index in [1.54, 1.807) is 7.11 Å². The summed E-state index contributed by atoms with van der Waals surface area (Å²) in [6, 6.07) is 24.8. The number of aryl methyl sites for hydroxylation is 1. The number of methoxy groups -OCH3 is 1. The van der Waals surface area contributed by atoms with Crippen molar-refractivity contribution in [3.8, 4) is 11.5 Å². The van der Waals surface area contributed by atoms with Gasteiger partial charge in [0.2, 0.25) is 0 Å². The minimum atomic E-state index is 0.432. The number of rotatable bonds is 10. The molecule has 3 nitrogen and oxygen atoms in total. The molecule has 152 valence electrons. The van der Waals surface area contributed by atoms with Crippen LogP contribution in [-0.4, -0.2) is 13.2 Å². The summed E-state index contributed by atoms with van der Waals surface area (Å²) in [7, 11) is 1.67. The van der Waals surface area contributed by atoms with E-state index < -0.39 is 0 Å². The second-order valence-corrected chi connectivity index (χ2v) is 7.64. The van der Waals surface area contributed by atoms with Crippen molar-refractivity contribution in [2.24, 2.45) is 0 Å². The van der Waals surface area contributed by atoms with Crippen LogP contribution in [0, 0.1) is 0 Å². The lowest BCUT2D eigenvalue weighted by Crippen LogP contribution is -2.26. The fourth-order valence-corrected chi connectivity index (χ4v) is 3.23. The second kappa shape index (κ2) is 10.9. The molecular formula is C25H28ClNO2. The molecule has 0 radical (unpaired) electrons. The lowest BCUT2D eigenvalue weighted by molar-refractivity contribution is 0.284. The van der Waals surface area contributed by atoms with E-state index >= 15 is 0 Å². The SMILES string of the molecule is COc1cc(CN[C@@H](C)CCc2ccccc2)ccc1OCc1ccc(Cl)cc1. The highest BCUT2D eigenvalue weighted by Gasteiger charge is 2.08. The first-order chi connectivity index (χ1) is 14.1. The van der Waals surface area contributed by atoms with Crippen LogP contribution in [0.25, 0.3) is 0 Å². The van der Waals surface area contributed by atoms with Crippen LogP contribution >= 0.6 is 11.6 Å². The van der Waals surface area contributed by atoms with Crippen LogP contribution in [0.15, 0.2) is 72.8 Å². The molecule has 0 unspecified atom stereocenters. The standard InChI is InChI=1S/C25H28ClNO2/c1-19(8-9-20-6-4-3-5-7-20)27-17-22-12-15-24(25(16-22)28-2)29-18-21-10-13-23(26)14-11-21/h3-7,10-16,19,27H,8-9,17-18H2,1-2H3/t19-/m0/s1. The predicted molar refractivity (Wildman–Crippen MR) is 120 cm³/mol. The molecule has 0 aliphatic heterocycles. The zero-order valence-electron chi connectivity index (χ0n) is 17.0. The number of nitrogens with one attached hydrogen (secondary N) is 1. The van der Waals surface area contributed by atoms with Gasteiger partial charge in [-0.05, 0) is 60.7 Å².